The molecule has 0 radical (unpaired) electrons. The van der Waals surface area contributed by atoms with Crippen molar-refractivity contribution in [2.45, 2.75) is 50.5 Å². The Morgan fingerprint density at radius 1 is 1.32 bits per heavy atom. The van der Waals surface area contributed by atoms with Crippen molar-refractivity contribution < 1.29 is 14.7 Å². The van der Waals surface area contributed by atoms with Gasteiger partial charge in [-0.2, -0.15) is 0 Å². The highest BCUT2D eigenvalue weighted by atomic mass is 16.3. The average Bonchev–Trinajstić information content (AvgIpc) is 2.40. The molecule has 1 saturated heterocycles. The molecule has 106 valence electrons. The summed E-state index contributed by atoms with van der Waals surface area (Å²) in [6, 6.07) is 0. The maximum Gasteiger partial charge on any atom is 0.249 e. The quantitative estimate of drug-likeness (QED) is 0.738. The molecule has 0 aromatic rings. The van der Waals surface area contributed by atoms with Gasteiger partial charge in [0.25, 0.3) is 0 Å². The number of piperidine rings is 1. The van der Waals surface area contributed by atoms with Gasteiger partial charge in [0.15, 0.2) is 0 Å². The summed E-state index contributed by atoms with van der Waals surface area (Å²) < 4.78 is 0. The molecule has 1 aliphatic carbocycles. The predicted molar refractivity (Wildman–Crippen MR) is 71.1 cm³/mol. The molecule has 5 nitrogen and oxygen atoms in total. The summed E-state index contributed by atoms with van der Waals surface area (Å²) in [5.74, 6) is -0.589. The first-order chi connectivity index (χ1) is 9.01. The monoisotopic (exact) mass is 266 g/mol. The molecule has 1 aliphatic heterocycles. The summed E-state index contributed by atoms with van der Waals surface area (Å²) in [5.41, 5.74) is 4.97. The van der Waals surface area contributed by atoms with Crippen LogP contribution in [0.4, 0.5) is 0 Å². The lowest BCUT2D eigenvalue weighted by Crippen LogP contribution is -2.53. The van der Waals surface area contributed by atoms with Crippen molar-refractivity contribution in [3.05, 3.63) is 11.6 Å². The molecule has 0 saturated carbocycles. The van der Waals surface area contributed by atoms with Crippen LogP contribution in [0, 0.1) is 0 Å². The number of carbonyl (C=O) groups is 2. The highest BCUT2D eigenvalue weighted by Crippen LogP contribution is 2.25. The van der Waals surface area contributed by atoms with Crippen molar-refractivity contribution in [1.82, 2.24) is 4.90 Å². The Hall–Kier alpha value is -1.36. The third-order valence-corrected chi connectivity index (χ3v) is 4.17. The van der Waals surface area contributed by atoms with Gasteiger partial charge in [-0.1, -0.05) is 11.6 Å². The molecule has 1 heterocycles. The third kappa shape index (κ3) is 3.35. The Morgan fingerprint density at radius 2 is 2.00 bits per heavy atom. The molecule has 0 bridgehead atoms. The van der Waals surface area contributed by atoms with Crippen LogP contribution in [0.15, 0.2) is 11.6 Å². The van der Waals surface area contributed by atoms with Gasteiger partial charge in [-0.05, 0) is 25.7 Å². The van der Waals surface area contributed by atoms with Gasteiger partial charge in [0.05, 0.1) is 0 Å². The van der Waals surface area contributed by atoms with Crippen LogP contribution in [0.2, 0.25) is 0 Å². The van der Waals surface area contributed by atoms with Crippen LogP contribution in [-0.4, -0.2) is 40.5 Å². The lowest BCUT2D eigenvalue weighted by atomic mass is 9.90. The molecule has 0 aromatic carbocycles. The zero-order valence-electron chi connectivity index (χ0n) is 11.2. The molecule has 0 spiro atoms. The van der Waals surface area contributed by atoms with Crippen molar-refractivity contribution in [2.75, 3.05) is 13.1 Å². The van der Waals surface area contributed by atoms with Gasteiger partial charge < -0.3 is 15.7 Å². The van der Waals surface area contributed by atoms with E-state index in [1.807, 2.05) is 0 Å². The number of nitrogens with two attached hydrogens (primary N) is 1. The van der Waals surface area contributed by atoms with Gasteiger partial charge in [-0.25, -0.2) is 0 Å². The van der Waals surface area contributed by atoms with Crippen molar-refractivity contribution in [2.24, 2.45) is 5.73 Å². The molecule has 3 N–H and O–H groups in total. The molecule has 19 heavy (non-hydrogen) atoms. The Balaban J connectivity index is 1.85. The van der Waals surface area contributed by atoms with Gasteiger partial charge in [-0.3, -0.25) is 9.59 Å². The average molecular weight is 266 g/mol. The van der Waals surface area contributed by atoms with Gasteiger partial charge in [0.1, 0.15) is 5.60 Å². The van der Waals surface area contributed by atoms with Gasteiger partial charge in [0, 0.05) is 32.4 Å². The van der Waals surface area contributed by atoms with Crippen LogP contribution in [0.3, 0.4) is 0 Å². The number of allylic oxidation sites excluding steroid dienone is 1. The zero-order chi connectivity index (χ0) is 13.9. The van der Waals surface area contributed by atoms with Crippen LogP contribution in [0.1, 0.15) is 44.9 Å². The molecular weight excluding hydrogens is 244 g/mol. The van der Waals surface area contributed by atoms with Gasteiger partial charge >= 0.3 is 0 Å². The number of rotatable bonds is 3. The number of nitrogens with zero attached hydrogens (tertiary/aromatic N) is 1. The lowest BCUT2D eigenvalue weighted by Gasteiger charge is -2.36. The van der Waals surface area contributed by atoms with E-state index in [0.717, 1.165) is 12.8 Å². The van der Waals surface area contributed by atoms with Crippen LogP contribution in [0.25, 0.3) is 0 Å². The largest absolute Gasteiger partial charge is 0.380 e. The Kier molecular flexibility index (Phi) is 4.24. The normalized spacial score (nSPS) is 22.8. The molecular formula is C14H22N2O3. The fraction of sp³-hybridized carbons (Fsp3) is 0.714. The first-order valence-electron chi connectivity index (χ1n) is 6.99. The molecule has 0 unspecified atom stereocenters. The van der Waals surface area contributed by atoms with E-state index >= 15 is 0 Å². The fourth-order valence-corrected chi connectivity index (χ4v) is 2.74. The molecule has 5 heteroatoms. The summed E-state index contributed by atoms with van der Waals surface area (Å²) in [4.78, 5) is 25.0. The number of likely N-dealkylation sites (tertiary alicyclic amines) is 1. The van der Waals surface area contributed by atoms with Crippen LogP contribution in [0.5, 0.6) is 0 Å². The lowest BCUT2D eigenvalue weighted by molar-refractivity contribution is -0.146. The minimum atomic E-state index is -1.43. The summed E-state index contributed by atoms with van der Waals surface area (Å²) in [5, 5.41) is 9.95. The second kappa shape index (κ2) is 5.74. The van der Waals surface area contributed by atoms with Crippen molar-refractivity contribution >= 4 is 11.8 Å². The highest BCUT2D eigenvalue weighted by molar-refractivity contribution is 5.84. The topological polar surface area (TPSA) is 83.6 Å². The summed E-state index contributed by atoms with van der Waals surface area (Å²) in [7, 11) is 0. The minimum Gasteiger partial charge on any atom is -0.380 e. The third-order valence-electron chi connectivity index (χ3n) is 4.17. The Morgan fingerprint density at radius 3 is 2.53 bits per heavy atom. The number of hydrogen-bond acceptors (Lipinski definition) is 3. The highest BCUT2D eigenvalue weighted by Gasteiger charge is 2.38. The van der Waals surface area contributed by atoms with E-state index in [4.69, 9.17) is 5.73 Å². The SMILES string of the molecule is NC(=O)C1(O)CCN(C(=O)CC2=CCCCC2)CC1. The molecule has 2 aliphatic rings. The minimum absolute atomic E-state index is 0.0969. The first-order valence-corrected chi connectivity index (χ1v) is 6.99. The predicted octanol–water partition coefficient (Wildman–Crippen LogP) is 0.716. The van der Waals surface area contributed by atoms with E-state index in [0.29, 0.717) is 19.5 Å². The van der Waals surface area contributed by atoms with E-state index in [9.17, 15) is 14.7 Å². The zero-order valence-corrected chi connectivity index (χ0v) is 11.2. The van der Waals surface area contributed by atoms with Crippen molar-refractivity contribution in [1.29, 1.82) is 0 Å². The van der Waals surface area contributed by atoms with Gasteiger partial charge in [-0.15, -0.1) is 0 Å². The first kappa shape index (κ1) is 14.1. The van der Waals surface area contributed by atoms with E-state index in [2.05, 4.69) is 6.08 Å². The summed E-state index contributed by atoms with van der Waals surface area (Å²) >= 11 is 0. The maximum absolute atomic E-state index is 12.1. The van der Waals surface area contributed by atoms with E-state index in [1.54, 1.807) is 4.90 Å². The molecule has 0 aromatic heterocycles. The summed E-state index contributed by atoms with van der Waals surface area (Å²) in [6.07, 6.45) is 7.61. The Labute approximate surface area is 113 Å². The number of hydrogen-bond donors (Lipinski definition) is 2. The molecule has 0 atom stereocenters. The summed E-state index contributed by atoms with van der Waals surface area (Å²) in [6.45, 7) is 0.817. The number of aliphatic hydroxyl groups is 1. The van der Waals surface area contributed by atoms with Crippen molar-refractivity contribution in [3.63, 3.8) is 0 Å². The number of carbonyl (C=O) groups excluding carboxylic acids is 2. The fourth-order valence-electron chi connectivity index (χ4n) is 2.74. The van der Waals surface area contributed by atoms with Crippen LogP contribution < -0.4 is 5.73 Å². The molecule has 2 amide bonds. The molecule has 2 rings (SSSR count). The van der Waals surface area contributed by atoms with Gasteiger partial charge in [0.2, 0.25) is 11.8 Å². The smallest absolute Gasteiger partial charge is 0.249 e. The standard InChI is InChI=1S/C14H22N2O3/c15-13(18)14(19)6-8-16(9-7-14)12(17)10-11-4-2-1-3-5-11/h4,19H,1-3,5-10H2,(H2,15,18). The molecule has 1 fully saturated rings. The van der Waals surface area contributed by atoms with Crippen molar-refractivity contribution in [3.8, 4) is 0 Å². The van der Waals surface area contributed by atoms with Crippen LogP contribution >= 0.6 is 0 Å². The van der Waals surface area contributed by atoms with E-state index in [1.165, 1.54) is 18.4 Å². The number of amides is 2. The van der Waals surface area contributed by atoms with Crippen LogP contribution in [-0.2, 0) is 9.59 Å². The second-order valence-corrected chi connectivity index (χ2v) is 5.56. The van der Waals surface area contributed by atoms with E-state index < -0.39 is 11.5 Å². The second-order valence-electron chi connectivity index (χ2n) is 5.56. The maximum atomic E-state index is 12.1. The van der Waals surface area contributed by atoms with E-state index in [-0.39, 0.29) is 18.7 Å². The number of primary amides is 1. The Bertz CT molecular complexity index is 395.